The second kappa shape index (κ2) is 5.92. The highest BCUT2D eigenvalue weighted by atomic mass is 19.4. The molecule has 1 atom stereocenters. The molecule has 7 heteroatoms. The summed E-state index contributed by atoms with van der Waals surface area (Å²) in [5.41, 5.74) is -0.323. The SMILES string of the molecule is CCCN(Cc1cc(C(F)(F)F)n[nH]1)C1CCNC1. The minimum atomic E-state index is -4.38. The van der Waals surface area contributed by atoms with Crippen LogP contribution in [0, 0.1) is 0 Å². The minimum absolute atomic E-state index is 0.401. The highest BCUT2D eigenvalue weighted by Crippen LogP contribution is 2.28. The number of H-pyrrole nitrogens is 1. The van der Waals surface area contributed by atoms with Crippen molar-refractivity contribution < 1.29 is 13.2 Å². The molecule has 0 spiro atoms. The average Bonchev–Trinajstić information content (AvgIpc) is 2.98. The Bertz CT molecular complexity index is 396. The molecule has 0 aliphatic carbocycles. The van der Waals surface area contributed by atoms with Gasteiger partial charge in [-0.25, -0.2) is 0 Å². The third-order valence-corrected chi connectivity index (χ3v) is 3.36. The monoisotopic (exact) mass is 276 g/mol. The predicted octanol–water partition coefficient (Wildman–Crippen LogP) is 2.00. The van der Waals surface area contributed by atoms with Crippen molar-refractivity contribution in [2.45, 2.75) is 38.5 Å². The molecule has 1 aromatic heterocycles. The van der Waals surface area contributed by atoms with E-state index in [0.717, 1.165) is 38.5 Å². The first-order valence-electron chi connectivity index (χ1n) is 6.57. The number of aromatic nitrogens is 2. The zero-order valence-corrected chi connectivity index (χ0v) is 10.9. The van der Waals surface area contributed by atoms with Gasteiger partial charge in [0.2, 0.25) is 0 Å². The fraction of sp³-hybridized carbons (Fsp3) is 0.750. The molecule has 1 aliphatic heterocycles. The van der Waals surface area contributed by atoms with E-state index in [-0.39, 0.29) is 0 Å². The maximum absolute atomic E-state index is 12.5. The highest BCUT2D eigenvalue weighted by molar-refractivity contribution is 5.11. The maximum atomic E-state index is 12.5. The molecule has 2 N–H and O–H groups in total. The van der Waals surface area contributed by atoms with Crippen LogP contribution in [-0.2, 0) is 12.7 Å². The number of halogens is 3. The van der Waals surface area contributed by atoms with Gasteiger partial charge in [0.15, 0.2) is 5.69 Å². The van der Waals surface area contributed by atoms with Gasteiger partial charge in [0.25, 0.3) is 0 Å². The Balaban J connectivity index is 2.02. The molecule has 0 aromatic carbocycles. The quantitative estimate of drug-likeness (QED) is 0.864. The Labute approximate surface area is 110 Å². The molecule has 4 nitrogen and oxygen atoms in total. The van der Waals surface area contributed by atoms with Crippen LogP contribution in [0.2, 0.25) is 0 Å². The van der Waals surface area contributed by atoms with Gasteiger partial charge in [-0.2, -0.15) is 18.3 Å². The molecule has 1 aromatic rings. The molecule has 19 heavy (non-hydrogen) atoms. The summed E-state index contributed by atoms with van der Waals surface area (Å²) in [4.78, 5) is 2.22. The van der Waals surface area contributed by atoms with E-state index in [0.29, 0.717) is 18.3 Å². The van der Waals surface area contributed by atoms with E-state index >= 15 is 0 Å². The van der Waals surface area contributed by atoms with E-state index in [1.54, 1.807) is 0 Å². The topological polar surface area (TPSA) is 44.0 Å². The van der Waals surface area contributed by atoms with Gasteiger partial charge in [0, 0.05) is 24.8 Å². The highest BCUT2D eigenvalue weighted by Gasteiger charge is 2.34. The van der Waals surface area contributed by atoms with Gasteiger partial charge < -0.3 is 5.32 Å². The summed E-state index contributed by atoms with van der Waals surface area (Å²) in [6.45, 7) is 5.32. The van der Waals surface area contributed by atoms with E-state index < -0.39 is 11.9 Å². The number of hydrogen-bond donors (Lipinski definition) is 2. The zero-order chi connectivity index (χ0) is 13.9. The third-order valence-electron chi connectivity index (χ3n) is 3.36. The standard InChI is InChI=1S/C12H19F3N4/c1-2-5-19(10-3-4-16-7-10)8-9-6-11(18-17-9)12(13,14)15/h6,10,16H,2-5,7-8H2,1H3,(H,17,18). The summed E-state index contributed by atoms with van der Waals surface area (Å²) in [7, 11) is 0. The van der Waals surface area contributed by atoms with Gasteiger partial charge in [-0.3, -0.25) is 10.00 Å². The molecular weight excluding hydrogens is 257 g/mol. The Morgan fingerprint density at radius 1 is 1.47 bits per heavy atom. The molecular formula is C12H19F3N4. The summed E-state index contributed by atoms with van der Waals surface area (Å²) in [5, 5.41) is 9.11. The summed E-state index contributed by atoms with van der Waals surface area (Å²) >= 11 is 0. The lowest BCUT2D eigenvalue weighted by atomic mass is 10.2. The summed E-state index contributed by atoms with van der Waals surface area (Å²) in [6, 6.07) is 1.50. The van der Waals surface area contributed by atoms with E-state index in [1.807, 2.05) is 0 Å². The molecule has 0 bridgehead atoms. The van der Waals surface area contributed by atoms with Crippen LogP contribution in [0.5, 0.6) is 0 Å². The van der Waals surface area contributed by atoms with Gasteiger partial charge >= 0.3 is 6.18 Å². The minimum Gasteiger partial charge on any atom is -0.315 e. The molecule has 1 saturated heterocycles. The average molecular weight is 276 g/mol. The van der Waals surface area contributed by atoms with Crippen LogP contribution >= 0.6 is 0 Å². The maximum Gasteiger partial charge on any atom is 0.435 e. The van der Waals surface area contributed by atoms with Crippen molar-refractivity contribution in [3.05, 3.63) is 17.5 Å². The number of aromatic amines is 1. The largest absolute Gasteiger partial charge is 0.435 e. The number of hydrogen-bond acceptors (Lipinski definition) is 3. The second-order valence-electron chi connectivity index (χ2n) is 4.89. The molecule has 0 amide bonds. The van der Waals surface area contributed by atoms with Crippen LogP contribution in [0.3, 0.4) is 0 Å². The second-order valence-corrected chi connectivity index (χ2v) is 4.89. The summed E-state index contributed by atoms with van der Waals surface area (Å²) in [6.07, 6.45) is -2.35. The first-order valence-corrected chi connectivity index (χ1v) is 6.57. The van der Waals surface area contributed by atoms with Crippen molar-refractivity contribution >= 4 is 0 Å². The number of rotatable bonds is 5. The van der Waals surface area contributed by atoms with Gasteiger partial charge in [-0.05, 0) is 32.0 Å². The number of alkyl halides is 3. The van der Waals surface area contributed by atoms with Crippen LogP contribution in [-0.4, -0.2) is 40.8 Å². The first-order chi connectivity index (χ1) is 9.00. The zero-order valence-electron chi connectivity index (χ0n) is 10.9. The van der Waals surface area contributed by atoms with Crippen molar-refractivity contribution in [1.29, 1.82) is 0 Å². The molecule has 1 aliphatic rings. The predicted molar refractivity (Wildman–Crippen MR) is 65.6 cm³/mol. The van der Waals surface area contributed by atoms with Gasteiger partial charge in [-0.1, -0.05) is 6.92 Å². The third kappa shape index (κ3) is 3.70. The molecule has 0 saturated carbocycles. The Kier molecular flexibility index (Phi) is 4.46. The summed E-state index contributed by atoms with van der Waals surface area (Å²) in [5.74, 6) is 0. The smallest absolute Gasteiger partial charge is 0.315 e. The van der Waals surface area contributed by atoms with E-state index in [4.69, 9.17) is 0 Å². The Morgan fingerprint density at radius 3 is 2.79 bits per heavy atom. The van der Waals surface area contributed by atoms with Crippen LogP contribution in [0.25, 0.3) is 0 Å². The van der Waals surface area contributed by atoms with Crippen LogP contribution in [0.15, 0.2) is 6.07 Å². The molecule has 2 heterocycles. The molecule has 108 valence electrons. The number of nitrogens with one attached hydrogen (secondary N) is 2. The van der Waals surface area contributed by atoms with Crippen molar-refractivity contribution in [2.24, 2.45) is 0 Å². The van der Waals surface area contributed by atoms with E-state index in [2.05, 4.69) is 27.3 Å². The lowest BCUT2D eigenvalue weighted by Gasteiger charge is -2.27. The van der Waals surface area contributed by atoms with Crippen molar-refractivity contribution in [1.82, 2.24) is 20.4 Å². The lowest BCUT2D eigenvalue weighted by Crippen LogP contribution is -2.37. The van der Waals surface area contributed by atoms with Crippen LogP contribution in [0.1, 0.15) is 31.2 Å². The van der Waals surface area contributed by atoms with E-state index in [1.165, 1.54) is 0 Å². The van der Waals surface area contributed by atoms with Crippen molar-refractivity contribution in [3.63, 3.8) is 0 Å². The van der Waals surface area contributed by atoms with Crippen molar-refractivity contribution in [3.8, 4) is 0 Å². The molecule has 2 rings (SSSR count). The Morgan fingerprint density at radius 2 is 2.26 bits per heavy atom. The van der Waals surface area contributed by atoms with Crippen molar-refractivity contribution in [2.75, 3.05) is 19.6 Å². The van der Waals surface area contributed by atoms with Crippen LogP contribution in [0.4, 0.5) is 13.2 Å². The lowest BCUT2D eigenvalue weighted by molar-refractivity contribution is -0.141. The van der Waals surface area contributed by atoms with E-state index in [9.17, 15) is 13.2 Å². The summed E-state index contributed by atoms with van der Waals surface area (Å²) < 4.78 is 37.4. The van der Waals surface area contributed by atoms with Gasteiger partial charge in [0.1, 0.15) is 0 Å². The number of nitrogens with zero attached hydrogens (tertiary/aromatic N) is 2. The molecule has 0 radical (unpaired) electrons. The van der Waals surface area contributed by atoms with Crippen LogP contribution < -0.4 is 5.32 Å². The fourth-order valence-electron chi connectivity index (χ4n) is 2.44. The normalized spacial score (nSPS) is 20.4. The molecule has 1 fully saturated rings. The van der Waals surface area contributed by atoms with Gasteiger partial charge in [0.05, 0.1) is 0 Å². The molecule has 1 unspecified atom stereocenters. The van der Waals surface area contributed by atoms with Gasteiger partial charge in [-0.15, -0.1) is 0 Å². The fourth-order valence-corrected chi connectivity index (χ4v) is 2.44. The first kappa shape index (κ1) is 14.3. The Hall–Kier alpha value is -1.08.